The van der Waals surface area contributed by atoms with Crippen molar-refractivity contribution in [3.63, 3.8) is 0 Å². The van der Waals surface area contributed by atoms with E-state index >= 15 is 0 Å². The number of ether oxygens (including phenoxy) is 1. The molecule has 2 aromatic rings. The van der Waals surface area contributed by atoms with Crippen molar-refractivity contribution in [2.24, 2.45) is 10.9 Å². The number of nitrogens with one attached hydrogen (secondary N) is 2. The first-order valence-corrected chi connectivity index (χ1v) is 9.80. The van der Waals surface area contributed by atoms with Crippen LogP contribution in [0.2, 0.25) is 0 Å². The summed E-state index contributed by atoms with van der Waals surface area (Å²) in [5.74, 6) is 2.28. The van der Waals surface area contributed by atoms with E-state index in [1.165, 1.54) is 4.88 Å². The Kier molecular flexibility index (Phi) is 9.15. The minimum Gasteiger partial charge on any atom is -0.467 e. The highest BCUT2D eigenvalue weighted by molar-refractivity contribution is 7.09. The Labute approximate surface area is 154 Å². The van der Waals surface area contributed by atoms with Crippen molar-refractivity contribution in [3.05, 3.63) is 46.5 Å². The van der Waals surface area contributed by atoms with Crippen molar-refractivity contribution >= 4 is 17.3 Å². The maximum absolute atomic E-state index is 5.58. The van der Waals surface area contributed by atoms with E-state index in [2.05, 4.69) is 42.0 Å². The van der Waals surface area contributed by atoms with Crippen LogP contribution in [-0.2, 0) is 17.8 Å². The third kappa shape index (κ3) is 8.23. The van der Waals surface area contributed by atoms with E-state index < -0.39 is 0 Å². The van der Waals surface area contributed by atoms with Crippen molar-refractivity contribution in [2.75, 3.05) is 26.2 Å². The number of hydrogen-bond donors (Lipinski definition) is 2. The minimum absolute atomic E-state index is 0.529. The zero-order valence-electron chi connectivity index (χ0n) is 15.2. The monoisotopic (exact) mass is 363 g/mol. The largest absolute Gasteiger partial charge is 0.467 e. The Hall–Kier alpha value is -1.79. The van der Waals surface area contributed by atoms with Crippen molar-refractivity contribution in [3.8, 4) is 0 Å². The number of hydrogen-bond acceptors (Lipinski definition) is 4. The highest BCUT2D eigenvalue weighted by Crippen LogP contribution is 2.14. The first kappa shape index (κ1) is 19.5. The van der Waals surface area contributed by atoms with Gasteiger partial charge in [-0.2, -0.15) is 0 Å². The Morgan fingerprint density at radius 1 is 1.32 bits per heavy atom. The Morgan fingerprint density at radius 2 is 2.24 bits per heavy atom. The van der Waals surface area contributed by atoms with Crippen molar-refractivity contribution in [1.29, 1.82) is 0 Å². The summed E-state index contributed by atoms with van der Waals surface area (Å²) in [4.78, 5) is 6.12. The summed E-state index contributed by atoms with van der Waals surface area (Å²) in [5.41, 5.74) is 0. The molecule has 0 spiro atoms. The molecule has 0 saturated carbocycles. The van der Waals surface area contributed by atoms with Crippen molar-refractivity contribution in [2.45, 2.75) is 33.3 Å². The molecule has 2 N–H and O–H groups in total. The quantitative estimate of drug-likeness (QED) is 0.363. The zero-order valence-corrected chi connectivity index (χ0v) is 16.0. The lowest BCUT2D eigenvalue weighted by Crippen LogP contribution is -2.38. The van der Waals surface area contributed by atoms with Crippen LogP contribution in [0, 0.1) is 5.92 Å². The molecule has 0 aliphatic heterocycles. The normalized spacial score (nSPS) is 13.0. The highest BCUT2D eigenvalue weighted by atomic mass is 32.1. The van der Waals surface area contributed by atoms with Crippen molar-refractivity contribution < 1.29 is 9.15 Å². The fourth-order valence-corrected chi connectivity index (χ4v) is 3.24. The zero-order chi connectivity index (χ0) is 17.7. The van der Waals surface area contributed by atoms with Crippen LogP contribution >= 0.6 is 11.3 Å². The molecule has 5 nitrogen and oxygen atoms in total. The molecule has 2 aromatic heterocycles. The Morgan fingerprint density at radius 3 is 2.96 bits per heavy atom. The van der Waals surface area contributed by atoms with Crippen LogP contribution in [0.5, 0.6) is 0 Å². The topological polar surface area (TPSA) is 58.8 Å². The van der Waals surface area contributed by atoms with Gasteiger partial charge in [0.25, 0.3) is 0 Å². The predicted molar refractivity (Wildman–Crippen MR) is 104 cm³/mol. The molecule has 0 aromatic carbocycles. The number of rotatable bonds is 11. The molecule has 0 saturated heterocycles. The lowest BCUT2D eigenvalue weighted by atomic mass is 10.1. The third-order valence-electron chi connectivity index (χ3n) is 3.62. The molecule has 25 heavy (non-hydrogen) atoms. The van der Waals surface area contributed by atoms with Gasteiger partial charge in [0.1, 0.15) is 12.4 Å². The summed E-state index contributed by atoms with van der Waals surface area (Å²) >= 11 is 1.82. The second kappa shape index (κ2) is 11.7. The van der Waals surface area contributed by atoms with Crippen LogP contribution in [0.25, 0.3) is 0 Å². The van der Waals surface area contributed by atoms with Crippen molar-refractivity contribution in [1.82, 2.24) is 10.6 Å². The molecule has 0 amide bonds. The number of aliphatic imine (C=N–C) groups is 1. The molecule has 0 bridgehead atoms. The fourth-order valence-electron chi connectivity index (χ4n) is 2.37. The summed E-state index contributed by atoms with van der Waals surface area (Å²) in [6, 6.07) is 8.09. The summed E-state index contributed by atoms with van der Waals surface area (Å²) in [5, 5.41) is 8.79. The maximum atomic E-state index is 5.58. The molecule has 0 radical (unpaired) electrons. The van der Waals surface area contributed by atoms with E-state index in [9.17, 15) is 0 Å². The minimum atomic E-state index is 0.529. The van der Waals surface area contributed by atoms with E-state index in [4.69, 9.17) is 14.1 Å². The number of thiophene rings is 1. The fraction of sp³-hybridized carbons (Fsp3) is 0.526. The van der Waals surface area contributed by atoms with Gasteiger partial charge in [-0.1, -0.05) is 13.0 Å². The van der Waals surface area contributed by atoms with Gasteiger partial charge < -0.3 is 19.8 Å². The van der Waals surface area contributed by atoms with Crippen LogP contribution in [0.3, 0.4) is 0 Å². The second-order valence-electron chi connectivity index (χ2n) is 6.02. The smallest absolute Gasteiger partial charge is 0.191 e. The van der Waals surface area contributed by atoms with Crippen LogP contribution in [0.15, 0.2) is 45.3 Å². The average molecular weight is 364 g/mol. The first-order chi connectivity index (χ1) is 12.3. The van der Waals surface area contributed by atoms with Crippen LogP contribution in [0.4, 0.5) is 0 Å². The molecule has 138 valence electrons. The predicted octanol–water partition coefficient (Wildman–Crippen LogP) is 3.68. The van der Waals surface area contributed by atoms with E-state index in [0.717, 1.165) is 44.2 Å². The molecule has 1 unspecified atom stereocenters. The molecular weight excluding hydrogens is 334 g/mol. The maximum Gasteiger partial charge on any atom is 0.191 e. The Bertz CT molecular complexity index is 582. The van der Waals surface area contributed by atoms with Gasteiger partial charge in [0.15, 0.2) is 5.96 Å². The SMILES string of the molecule is CCNC(=NCC(C)Cc1cccs1)NCCCOCc1ccco1. The van der Waals surface area contributed by atoms with Gasteiger partial charge in [0.05, 0.1) is 6.26 Å². The van der Waals surface area contributed by atoms with Crippen LogP contribution < -0.4 is 10.6 Å². The molecule has 2 heterocycles. The Balaban J connectivity index is 1.61. The van der Waals surface area contributed by atoms with Gasteiger partial charge in [-0.05, 0) is 49.3 Å². The van der Waals surface area contributed by atoms with Crippen LogP contribution in [0.1, 0.15) is 30.9 Å². The number of furan rings is 1. The van der Waals surface area contributed by atoms with Gasteiger partial charge in [0, 0.05) is 31.1 Å². The lowest BCUT2D eigenvalue weighted by Gasteiger charge is -2.13. The summed E-state index contributed by atoms with van der Waals surface area (Å²) in [6.07, 6.45) is 3.68. The average Bonchev–Trinajstić information content (AvgIpc) is 3.29. The first-order valence-electron chi connectivity index (χ1n) is 8.92. The molecule has 0 fully saturated rings. The second-order valence-corrected chi connectivity index (χ2v) is 7.05. The highest BCUT2D eigenvalue weighted by Gasteiger charge is 2.05. The molecule has 6 heteroatoms. The molecule has 0 aliphatic carbocycles. The summed E-state index contributed by atoms with van der Waals surface area (Å²) in [7, 11) is 0. The number of nitrogens with zero attached hydrogens (tertiary/aromatic N) is 1. The molecule has 2 rings (SSSR count). The number of guanidine groups is 1. The standard InChI is InChI=1S/C19H29N3O2S/c1-3-20-19(22-14-16(2)13-18-8-5-12-25-18)21-9-6-10-23-15-17-7-4-11-24-17/h4-5,7-8,11-12,16H,3,6,9-10,13-15H2,1-2H3,(H2,20,21,22). The van der Waals surface area contributed by atoms with Gasteiger partial charge in [-0.15, -0.1) is 11.3 Å². The van der Waals surface area contributed by atoms with Gasteiger partial charge in [0.2, 0.25) is 0 Å². The summed E-state index contributed by atoms with van der Waals surface area (Å²) < 4.78 is 10.8. The van der Waals surface area contributed by atoms with Gasteiger partial charge in [-0.3, -0.25) is 4.99 Å². The van der Waals surface area contributed by atoms with E-state index in [1.54, 1.807) is 6.26 Å². The lowest BCUT2D eigenvalue weighted by molar-refractivity contribution is 0.105. The molecule has 0 aliphatic rings. The molecule has 1 atom stereocenters. The van der Waals surface area contributed by atoms with E-state index in [0.29, 0.717) is 19.1 Å². The third-order valence-corrected chi connectivity index (χ3v) is 4.52. The van der Waals surface area contributed by atoms with E-state index in [-0.39, 0.29) is 0 Å². The molecular formula is C19H29N3O2S. The van der Waals surface area contributed by atoms with Gasteiger partial charge in [-0.25, -0.2) is 0 Å². The van der Waals surface area contributed by atoms with E-state index in [1.807, 2.05) is 23.5 Å². The van der Waals surface area contributed by atoms with Crippen LogP contribution in [-0.4, -0.2) is 32.2 Å². The summed E-state index contributed by atoms with van der Waals surface area (Å²) in [6.45, 7) is 8.07. The van der Waals surface area contributed by atoms with Gasteiger partial charge >= 0.3 is 0 Å².